The van der Waals surface area contributed by atoms with Crippen molar-refractivity contribution >= 4 is 46.7 Å². The van der Waals surface area contributed by atoms with Crippen LogP contribution in [0.2, 0.25) is 0 Å². The minimum Gasteiger partial charge on any atom is -0.465 e. The number of hydrogen-bond donors (Lipinski definition) is 0. The maximum atomic E-state index is 13.7. The summed E-state index contributed by atoms with van der Waals surface area (Å²) in [4.78, 5) is 72.7. The van der Waals surface area contributed by atoms with Gasteiger partial charge in [0.1, 0.15) is 16.7 Å². The van der Waals surface area contributed by atoms with Crippen LogP contribution in [-0.4, -0.2) is 73.7 Å². The van der Waals surface area contributed by atoms with Crippen LogP contribution in [0.15, 0.2) is 114 Å². The van der Waals surface area contributed by atoms with Crippen molar-refractivity contribution in [1.29, 1.82) is 0 Å². The largest absolute Gasteiger partial charge is 0.465 e. The van der Waals surface area contributed by atoms with Crippen molar-refractivity contribution in [2.24, 2.45) is 37.7 Å². The lowest BCUT2D eigenvalue weighted by Crippen LogP contribution is -2.23. The number of ether oxygens (including phenoxy) is 4. The van der Waals surface area contributed by atoms with E-state index in [0.29, 0.717) is 5.71 Å². The van der Waals surface area contributed by atoms with Crippen molar-refractivity contribution in [3.05, 3.63) is 93.7 Å². The second-order valence-corrected chi connectivity index (χ2v) is 12.9. The number of fused-ring (bicyclic) bond motifs is 4. The minimum absolute atomic E-state index is 0.00197. The van der Waals surface area contributed by atoms with Gasteiger partial charge in [0.2, 0.25) is 0 Å². The van der Waals surface area contributed by atoms with E-state index in [1.807, 2.05) is 41.5 Å². The molecule has 0 aromatic rings. The van der Waals surface area contributed by atoms with E-state index in [4.69, 9.17) is 23.9 Å². The van der Waals surface area contributed by atoms with Gasteiger partial charge < -0.3 is 18.9 Å². The molecule has 49 heavy (non-hydrogen) atoms. The Labute approximate surface area is 284 Å². The molecular formula is C37H38N4O8. The molecule has 0 unspecified atom stereocenters. The van der Waals surface area contributed by atoms with Crippen LogP contribution in [-0.2, 0) is 38.1 Å². The van der Waals surface area contributed by atoms with Crippen molar-refractivity contribution in [3.63, 3.8) is 0 Å². The topological polar surface area (TPSA) is 155 Å². The van der Waals surface area contributed by atoms with Crippen molar-refractivity contribution in [1.82, 2.24) is 0 Å². The lowest BCUT2D eigenvalue weighted by atomic mass is 10.0. The normalized spacial score (nSPS) is 17.8. The summed E-state index contributed by atoms with van der Waals surface area (Å²) in [6.45, 7) is 11.8. The molecule has 0 amide bonds. The number of rotatable bonds is 10. The molecule has 0 N–H and O–H groups in total. The van der Waals surface area contributed by atoms with E-state index in [2.05, 4.69) is 15.0 Å². The van der Waals surface area contributed by atoms with Gasteiger partial charge in [-0.3, -0.25) is 0 Å². The molecule has 12 heteroatoms. The summed E-state index contributed by atoms with van der Waals surface area (Å²) in [6.07, 6.45) is 12.7. The van der Waals surface area contributed by atoms with E-state index in [-0.39, 0.29) is 99.8 Å². The van der Waals surface area contributed by atoms with E-state index < -0.39 is 23.9 Å². The van der Waals surface area contributed by atoms with Crippen LogP contribution in [0.4, 0.5) is 0 Å². The number of allylic oxidation sites excluding steroid dienone is 8. The maximum absolute atomic E-state index is 13.7. The number of nitrogens with zero attached hydrogens (tertiary/aromatic N) is 4. The van der Waals surface area contributed by atoms with E-state index >= 15 is 0 Å². The number of methoxy groups -OCH3 is 1. The molecule has 0 aromatic carbocycles. The van der Waals surface area contributed by atoms with Crippen LogP contribution in [0.3, 0.4) is 0 Å². The lowest BCUT2D eigenvalue weighted by Gasteiger charge is -2.13. The van der Waals surface area contributed by atoms with Gasteiger partial charge in [-0.1, -0.05) is 41.5 Å². The van der Waals surface area contributed by atoms with Gasteiger partial charge >= 0.3 is 23.9 Å². The molecule has 5 heterocycles. The Balaban J connectivity index is 1.79. The van der Waals surface area contributed by atoms with Gasteiger partial charge in [0.15, 0.2) is 0 Å². The first-order valence-corrected chi connectivity index (χ1v) is 16.0. The quantitative estimate of drug-likeness (QED) is 0.237. The molecule has 0 saturated heterocycles. The highest BCUT2D eigenvalue weighted by Gasteiger charge is 2.35. The first-order valence-electron chi connectivity index (χ1n) is 16.0. The smallest absolute Gasteiger partial charge is 0.342 e. The fourth-order valence-electron chi connectivity index (χ4n) is 4.95. The van der Waals surface area contributed by atoms with E-state index in [9.17, 15) is 19.2 Å². The summed E-state index contributed by atoms with van der Waals surface area (Å²) in [5.74, 6) is -2.71. The Hall–Kier alpha value is -5.52. The molecule has 0 radical (unpaired) electrons. The standard InChI is InChI=1S/C37H38N4O8/c1-19(2)16-47-35(43)30-25-9-8-22(38-25)14-23-15-24(34(42)46-7)33(39-23)32(37(45)49-18-21(5)6)29-13-12-28(41-29)31(27-11-10-26(30)40-27)36(44)48-17-20(3)4/h8-15,19-21H,16-18H2,1-7H3. The lowest BCUT2D eigenvalue weighted by molar-refractivity contribution is -0.140. The molecule has 5 aliphatic heterocycles. The summed E-state index contributed by atoms with van der Waals surface area (Å²) >= 11 is 0. The Kier molecular flexibility index (Phi) is 10.5. The third-order valence-electron chi connectivity index (χ3n) is 7.20. The van der Waals surface area contributed by atoms with Crippen molar-refractivity contribution < 1.29 is 38.1 Å². The van der Waals surface area contributed by atoms with Crippen molar-refractivity contribution in [2.45, 2.75) is 41.5 Å². The number of carbonyl (C=O) groups is 4. The molecule has 8 bridgehead atoms. The number of carbonyl (C=O) groups excluding carboxylic acids is 4. The molecule has 0 aromatic heterocycles. The minimum atomic E-state index is -0.764. The molecule has 0 aliphatic carbocycles. The molecule has 0 atom stereocenters. The molecule has 0 spiro atoms. The number of esters is 4. The van der Waals surface area contributed by atoms with Crippen LogP contribution < -0.4 is 0 Å². The maximum Gasteiger partial charge on any atom is 0.342 e. The fraction of sp³-hybridized carbons (Fsp3) is 0.351. The van der Waals surface area contributed by atoms with Crippen LogP contribution in [0.5, 0.6) is 0 Å². The molecule has 12 nitrogen and oxygen atoms in total. The monoisotopic (exact) mass is 666 g/mol. The highest BCUT2D eigenvalue weighted by Crippen LogP contribution is 2.32. The van der Waals surface area contributed by atoms with Gasteiger partial charge in [0.25, 0.3) is 0 Å². The molecule has 5 aliphatic rings. The van der Waals surface area contributed by atoms with Crippen LogP contribution in [0.25, 0.3) is 0 Å². The van der Waals surface area contributed by atoms with Crippen molar-refractivity contribution in [3.8, 4) is 0 Å². The second-order valence-electron chi connectivity index (χ2n) is 12.9. The van der Waals surface area contributed by atoms with Gasteiger partial charge in [0, 0.05) is 0 Å². The van der Waals surface area contributed by atoms with Gasteiger partial charge in [-0.2, -0.15) is 0 Å². The zero-order valence-corrected chi connectivity index (χ0v) is 28.5. The predicted molar refractivity (Wildman–Crippen MR) is 184 cm³/mol. The molecule has 254 valence electrons. The molecular weight excluding hydrogens is 628 g/mol. The van der Waals surface area contributed by atoms with Crippen LogP contribution >= 0.6 is 0 Å². The summed E-state index contributed by atoms with van der Waals surface area (Å²) in [6, 6.07) is 0. The Morgan fingerprint density at radius 1 is 0.551 bits per heavy atom. The van der Waals surface area contributed by atoms with Gasteiger partial charge in [0.05, 0.1) is 78.1 Å². The molecule has 5 rings (SSSR count). The summed E-state index contributed by atoms with van der Waals surface area (Å²) < 4.78 is 21.9. The average Bonchev–Trinajstić information content (AvgIpc) is 3.87. The second kappa shape index (κ2) is 14.7. The summed E-state index contributed by atoms with van der Waals surface area (Å²) in [5, 5.41) is 0. The highest BCUT2D eigenvalue weighted by atomic mass is 16.5. The van der Waals surface area contributed by atoms with E-state index in [0.717, 1.165) is 0 Å². The van der Waals surface area contributed by atoms with Crippen molar-refractivity contribution in [2.75, 3.05) is 26.9 Å². The Morgan fingerprint density at radius 2 is 1.00 bits per heavy atom. The predicted octanol–water partition coefficient (Wildman–Crippen LogP) is 4.83. The van der Waals surface area contributed by atoms with Crippen LogP contribution in [0, 0.1) is 17.8 Å². The Bertz CT molecular complexity index is 1880. The fourth-order valence-corrected chi connectivity index (χ4v) is 4.95. The summed E-state index contributed by atoms with van der Waals surface area (Å²) in [5.41, 5.74) is 1.62. The summed E-state index contributed by atoms with van der Waals surface area (Å²) in [7, 11) is 1.22. The first kappa shape index (κ1) is 34.8. The zero-order chi connectivity index (χ0) is 35.4. The van der Waals surface area contributed by atoms with Gasteiger partial charge in [-0.25, -0.2) is 39.1 Å². The first-order chi connectivity index (χ1) is 23.4. The average molecular weight is 667 g/mol. The Morgan fingerprint density at radius 3 is 1.49 bits per heavy atom. The SMILES string of the molecule is COC(=O)C1=CC2=CC3=NC(=C(C(=O)OCC(C)C)C4=NC(=C(C(=O)OCC(C)C)C5=NC(=C(C(=O)OCC(C)C)C1=N2)C=C5)C=C4)C=C3. The van der Waals surface area contributed by atoms with E-state index in [1.165, 1.54) is 19.3 Å². The molecule has 0 saturated carbocycles. The van der Waals surface area contributed by atoms with Crippen LogP contribution in [0.1, 0.15) is 41.5 Å². The third-order valence-corrected chi connectivity index (χ3v) is 7.20. The molecule has 0 fully saturated rings. The van der Waals surface area contributed by atoms with Gasteiger partial charge in [-0.05, 0) is 66.4 Å². The van der Waals surface area contributed by atoms with Gasteiger partial charge in [-0.15, -0.1) is 0 Å². The highest BCUT2D eigenvalue weighted by molar-refractivity contribution is 6.38. The number of hydrogen-bond acceptors (Lipinski definition) is 12. The third kappa shape index (κ3) is 7.80. The zero-order valence-electron chi connectivity index (χ0n) is 28.5. The van der Waals surface area contributed by atoms with E-state index in [1.54, 1.807) is 36.5 Å². The number of aliphatic imine (C=N–C) groups is 4.